The lowest BCUT2D eigenvalue weighted by Crippen LogP contribution is -2.51. The smallest absolute Gasteiger partial charge is 0.246 e. The molecule has 7 nitrogen and oxygen atoms in total. The molecular weight excluding hydrogens is 316 g/mol. The summed E-state index contributed by atoms with van der Waals surface area (Å²) in [4.78, 5) is 13.8. The van der Waals surface area contributed by atoms with Gasteiger partial charge in [-0.2, -0.15) is 9.40 Å². The Hall–Kier alpha value is -2.19. The molecule has 0 unspecified atom stereocenters. The number of sulfonamides is 1. The molecule has 1 N–H and O–H groups in total. The SMILES string of the molecule is CC(=O)N1CCN(S(=O)(=O)c2cn[nH]c2)C[C@H]1c1ccccc1. The highest BCUT2D eigenvalue weighted by atomic mass is 32.2. The molecule has 1 aromatic carbocycles. The van der Waals surface area contributed by atoms with Crippen molar-refractivity contribution in [1.29, 1.82) is 0 Å². The molecule has 8 heteroatoms. The minimum absolute atomic E-state index is 0.0563. The predicted octanol–water partition coefficient (Wildman–Crippen LogP) is 1.00. The first-order valence-corrected chi connectivity index (χ1v) is 8.75. The molecule has 1 aromatic heterocycles. The van der Waals surface area contributed by atoms with E-state index in [2.05, 4.69) is 10.2 Å². The van der Waals surface area contributed by atoms with Crippen molar-refractivity contribution in [2.45, 2.75) is 17.9 Å². The molecule has 1 saturated heterocycles. The third-order valence-electron chi connectivity index (χ3n) is 4.04. The maximum atomic E-state index is 12.7. The maximum Gasteiger partial charge on any atom is 0.246 e. The molecule has 1 atom stereocenters. The Labute approximate surface area is 135 Å². The van der Waals surface area contributed by atoms with Gasteiger partial charge in [-0.25, -0.2) is 8.42 Å². The van der Waals surface area contributed by atoms with E-state index in [1.165, 1.54) is 23.6 Å². The van der Waals surface area contributed by atoms with Crippen LogP contribution in [-0.2, 0) is 14.8 Å². The Balaban J connectivity index is 1.92. The van der Waals surface area contributed by atoms with E-state index in [9.17, 15) is 13.2 Å². The van der Waals surface area contributed by atoms with Crippen molar-refractivity contribution in [2.24, 2.45) is 0 Å². The number of carbonyl (C=O) groups excluding carboxylic acids is 1. The molecule has 2 aromatic rings. The molecule has 1 fully saturated rings. The van der Waals surface area contributed by atoms with Gasteiger partial charge in [0.15, 0.2) is 0 Å². The van der Waals surface area contributed by atoms with E-state index in [0.29, 0.717) is 6.54 Å². The van der Waals surface area contributed by atoms with Gasteiger partial charge in [0, 0.05) is 32.8 Å². The number of piperazine rings is 1. The summed E-state index contributed by atoms with van der Waals surface area (Å²) in [6, 6.07) is 9.20. The number of H-pyrrole nitrogens is 1. The number of nitrogens with zero attached hydrogens (tertiary/aromatic N) is 3. The van der Waals surface area contributed by atoms with Gasteiger partial charge in [-0.05, 0) is 5.56 Å². The van der Waals surface area contributed by atoms with Crippen molar-refractivity contribution in [3.8, 4) is 0 Å². The zero-order valence-electron chi connectivity index (χ0n) is 12.7. The third-order valence-corrected chi connectivity index (χ3v) is 5.87. The van der Waals surface area contributed by atoms with E-state index in [0.717, 1.165) is 5.56 Å². The molecule has 1 aliphatic rings. The number of carbonyl (C=O) groups is 1. The van der Waals surface area contributed by atoms with Crippen LogP contribution in [0.15, 0.2) is 47.6 Å². The van der Waals surface area contributed by atoms with Gasteiger partial charge in [0.1, 0.15) is 4.90 Å². The molecule has 0 saturated carbocycles. The largest absolute Gasteiger partial charge is 0.333 e. The Bertz CT molecular complexity index is 774. The molecule has 0 spiro atoms. The van der Waals surface area contributed by atoms with Crippen LogP contribution in [0, 0.1) is 0 Å². The van der Waals surface area contributed by atoms with Crippen LogP contribution in [0.5, 0.6) is 0 Å². The molecule has 0 bridgehead atoms. The van der Waals surface area contributed by atoms with Gasteiger partial charge in [0.2, 0.25) is 15.9 Å². The number of rotatable bonds is 3. The van der Waals surface area contributed by atoms with Gasteiger partial charge >= 0.3 is 0 Å². The van der Waals surface area contributed by atoms with Crippen molar-refractivity contribution in [1.82, 2.24) is 19.4 Å². The average molecular weight is 334 g/mol. The van der Waals surface area contributed by atoms with Crippen LogP contribution >= 0.6 is 0 Å². The van der Waals surface area contributed by atoms with Gasteiger partial charge in [-0.15, -0.1) is 0 Å². The van der Waals surface area contributed by atoms with Crippen molar-refractivity contribution < 1.29 is 13.2 Å². The fourth-order valence-corrected chi connectivity index (χ4v) is 4.19. The molecule has 0 aliphatic carbocycles. The van der Waals surface area contributed by atoms with E-state index in [4.69, 9.17) is 0 Å². The van der Waals surface area contributed by atoms with Crippen molar-refractivity contribution in [3.63, 3.8) is 0 Å². The van der Waals surface area contributed by atoms with Crippen molar-refractivity contribution in [3.05, 3.63) is 48.3 Å². The summed E-state index contributed by atoms with van der Waals surface area (Å²) in [5, 5.41) is 6.23. The lowest BCUT2D eigenvalue weighted by atomic mass is 10.0. The standard InChI is InChI=1S/C15H18N4O3S/c1-12(20)19-8-7-18(23(21,22)14-9-16-17-10-14)11-15(19)13-5-3-2-4-6-13/h2-6,9-10,15H,7-8,11H2,1H3,(H,16,17)/t15-/m0/s1. The van der Waals surface area contributed by atoms with Crippen LogP contribution in [-0.4, -0.2) is 53.4 Å². The molecule has 23 heavy (non-hydrogen) atoms. The molecule has 1 amide bonds. The van der Waals surface area contributed by atoms with E-state index < -0.39 is 10.0 Å². The quantitative estimate of drug-likeness (QED) is 0.907. The topological polar surface area (TPSA) is 86.4 Å². The van der Waals surface area contributed by atoms with Gasteiger partial charge in [0.25, 0.3) is 0 Å². The first kappa shape index (κ1) is 15.7. The number of benzene rings is 1. The molecule has 2 heterocycles. The third kappa shape index (κ3) is 2.99. The lowest BCUT2D eigenvalue weighted by molar-refractivity contribution is -0.133. The number of hydrogen-bond donors (Lipinski definition) is 1. The summed E-state index contributed by atoms with van der Waals surface area (Å²) in [7, 11) is -3.61. The highest BCUT2D eigenvalue weighted by molar-refractivity contribution is 7.89. The highest BCUT2D eigenvalue weighted by Gasteiger charge is 2.36. The minimum Gasteiger partial charge on any atom is -0.333 e. The molecule has 0 radical (unpaired) electrons. The van der Waals surface area contributed by atoms with E-state index in [-0.39, 0.29) is 29.9 Å². The van der Waals surface area contributed by atoms with Crippen LogP contribution in [0.2, 0.25) is 0 Å². The van der Waals surface area contributed by atoms with Crippen molar-refractivity contribution >= 4 is 15.9 Å². The van der Waals surface area contributed by atoms with Crippen molar-refractivity contribution in [2.75, 3.05) is 19.6 Å². The monoisotopic (exact) mass is 334 g/mol. The van der Waals surface area contributed by atoms with Gasteiger partial charge < -0.3 is 4.90 Å². The first-order valence-electron chi connectivity index (χ1n) is 7.31. The fraction of sp³-hybridized carbons (Fsp3) is 0.333. The predicted molar refractivity (Wildman–Crippen MR) is 83.9 cm³/mol. The Morgan fingerprint density at radius 1 is 1.26 bits per heavy atom. The number of aromatic amines is 1. The number of amides is 1. The summed E-state index contributed by atoms with van der Waals surface area (Å²) in [5.41, 5.74) is 0.926. The maximum absolute atomic E-state index is 12.7. The average Bonchev–Trinajstić information content (AvgIpc) is 3.10. The molecule has 3 rings (SSSR count). The van der Waals surface area contributed by atoms with Crippen LogP contribution in [0.3, 0.4) is 0 Å². The van der Waals surface area contributed by atoms with Crippen LogP contribution in [0.25, 0.3) is 0 Å². The summed E-state index contributed by atoms with van der Waals surface area (Å²) >= 11 is 0. The highest BCUT2D eigenvalue weighted by Crippen LogP contribution is 2.28. The van der Waals surface area contributed by atoms with Gasteiger partial charge in [0.05, 0.1) is 12.2 Å². The summed E-state index contributed by atoms with van der Waals surface area (Å²) in [5.74, 6) is -0.0563. The molecule has 122 valence electrons. The fourth-order valence-electron chi connectivity index (χ4n) is 2.84. The molecular formula is C15H18N4O3S. The second-order valence-electron chi connectivity index (χ2n) is 5.44. The van der Waals surface area contributed by atoms with E-state index >= 15 is 0 Å². The summed E-state index contributed by atoms with van der Waals surface area (Å²) < 4.78 is 26.7. The Kier molecular flexibility index (Phi) is 4.18. The number of nitrogens with one attached hydrogen (secondary N) is 1. The first-order chi connectivity index (χ1) is 11.0. The van der Waals surface area contributed by atoms with Gasteiger partial charge in [-0.1, -0.05) is 30.3 Å². The summed E-state index contributed by atoms with van der Waals surface area (Å²) in [6.45, 7) is 2.38. The zero-order valence-corrected chi connectivity index (χ0v) is 13.5. The second-order valence-corrected chi connectivity index (χ2v) is 7.37. The number of aromatic nitrogens is 2. The van der Waals surface area contributed by atoms with Crippen LogP contribution in [0.4, 0.5) is 0 Å². The zero-order chi connectivity index (χ0) is 16.4. The minimum atomic E-state index is -3.61. The lowest BCUT2D eigenvalue weighted by Gasteiger charge is -2.40. The number of hydrogen-bond acceptors (Lipinski definition) is 4. The summed E-state index contributed by atoms with van der Waals surface area (Å²) in [6.07, 6.45) is 2.66. The van der Waals surface area contributed by atoms with E-state index in [1.54, 1.807) is 4.90 Å². The molecule has 1 aliphatic heterocycles. The van der Waals surface area contributed by atoms with Crippen LogP contribution < -0.4 is 0 Å². The Morgan fingerprint density at radius 2 is 2.00 bits per heavy atom. The normalized spacial score (nSPS) is 19.7. The van der Waals surface area contributed by atoms with Gasteiger partial charge in [-0.3, -0.25) is 9.89 Å². The second kappa shape index (κ2) is 6.13. The van der Waals surface area contributed by atoms with E-state index in [1.807, 2.05) is 30.3 Å². The van der Waals surface area contributed by atoms with Crippen LogP contribution in [0.1, 0.15) is 18.5 Å². The Morgan fingerprint density at radius 3 is 2.61 bits per heavy atom.